The number of nitrogens with one attached hydrogen (secondary N) is 1. The first-order valence-corrected chi connectivity index (χ1v) is 12.3. The maximum absolute atomic E-state index is 13.3. The Kier molecular flexibility index (Phi) is 6.72. The van der Waals surface area contributed by atoms with Crippen LogP contribution in [-0.4, -0.2) is 51.5 Å². The van der Waals surface area contributed by atoms with Crippen molar-refractivity contribution in [3.63, 3.8) is 0 Å². The lowest BCUT2D eigenvalue weighted by Crippen LogP contribution is -2.29. The number of rotatable bonds is 9. The normalized spacial score (nSPS) is 12.8. The zero-order valence-corrected chi connectivity index (χ0v) is 20.9. The fraction of sp³-hybridized carbons (Fsp3) is 0.241. The van der Waals surface area contributed by atoms with Gasteiger partial charge in [-0.15, -0.1) is 0 Å². The van der Waals surface area contributed by atoms with Crippen molar-refractivity contribution in [1.82, 2.24) is 14.7 Å². The molecule has 0 bridgehead atoms. The SMILES string of the molecule is COc1ccc(Cn2nc(-c3ccccc3)cc2Nc2cc(O)cc(O)c2C(=O)N(C)CC2CC2)cc1. The second kappa shape index (κ2) is 10.3. The van der Waals surface area contributed by atoms with Crippen molar-refractivity contribution in [3.8, 4) is 28.5 Å². The first-order valence-electron chi connectivity index (χ1n) is 12.3. The van der Waals surface area contributed by atoms with Crippen LogP contribution in [0.25, 0.3) is 11.3 Å². The first kappa shape index (κ1) is 24.2. The van der Waals surface area contributed by atoms with Gasteiger partial charge in [-0.05, 0) is 36.5 Å². The molecule has 5 rings (SSSR count). The number of aromatic hydroxyl groups is 2. The monoisotopic (exact) mass is 498 g/mol. The molecule has 1 fully saturated rings. The molecule has 0 unspecified atom stereocenters. The number of anilines is 2. The summed E-state index contributed by atoms with van der Waals surface area (Å²) in [4.78, 5) is 14.9. The second-order valence-electron chi connectivity index (χ2n) is 9.43. The van der Waals surface area contributed by atoms with E-state index in [1.54, 1.807) is 23.7 Å². The summed E-state index contributed by atoms with van der Waals surface area (Å²) >= 11 is 0. The van der Waals surface area contributed by atoms with Crippen LogP contribution < -0.4 is 10.1 Å². The molecule has 1 amide bonds. The minimum absolute atomic E-state index is 0.111. The summed E-state index contributed by atoms with van der Waals surface area (Å²) in [5.74, 6) is 1.14. The molecule has 0 aliphatic heterocycles. The standard InChI is InChI=1S/C29H30N4O4/c1-32(17-19-8-9-19)29(36)28-25(14-22(34)15-26(28)35)30-27-16-24(21-6-4-3-5-7-21)31-33(27)18-20-10-12-23(37-2)13-11-20/h3-7,10-16,19,30,34-35H,8-9,17-18H2,1-2H3. The average Bonchev–Trinajstić information content (AvgIpc) is 3.63. The van der Waals surface area contributed by atoms with E-state index in [0.717, 1.165) is 35.4 Å². The van der Waals surface area contributed by atoms with Gasteiger partial charge in [-0.3, -0.25) is 4.79 Å². The molecule has 1 saturated carbocycles. The van der Waals surface area contributed by atoms with E-state index in [1.807, 2.05) is 60.7 Å². The average molecular weight is 499 g/mol. The Morgan fingerprint density at radius 3 is 2.49 bits per heavy atom. The number of carbonyl (C=O) groups is 1. The Hall–Kier alpha value is -4.46. The summed E-state index contributed by atoms with van der Waals surface area (Å²) in [6.07, 6.45) is 2.22. The number of hydrogen-bond donors (Lipinski definition) is 3. The Morgan fingerprint density at radius 1 is 1.08 bits per heavy atom. The molecule has 0 spiro atoms. The largest absolute Gasteiger partial charge is 0.508 e. The van der Waals surface area contributed by atoms with Crippen LogP contribution in [0.3, 0.4) is 0 Å². The van der Waals surface area contributed by atoms with Crippen LogP contribution in [0.15, 0.2) is 72.8 Å². The van der Waals surface area contributed by atoms with Crippen LogP contribution in [-0.2, 0) is 6.54 Å². The minimum atomic E-state index is -0.309. The molecule has 1 aliphatic rings. The van der Waals surface area contributed by atoms with Gasteiger partial charge in [-0.2, -0.15) is 5.10 Å². The van der Waals surface area contributed by atoms with E-state index < -0.39 is 0 Å². The summed E-state index contributed by atoms with van der Waals surface area (Å²) in [6, 6.07) is 22.0. The fourth-order valence-corrected chi connectivity index (χ4v) is 4.33. The summed E-state index contributed by atoms with van der Waals surface area (Å²) in [7, 11) is 3.36. The van der Waals surface area contributed by atoms with Gasteiger partial charge in [0.25, 0.3) is 5.91 Å². The predicted octanol–water partition coefficient (Wildman–Crippen LogP) is 5.24. The van der Waals surface area contributed by atoms with Crippen molar-refractivity contribution in [2.75, 3.05) is 26.0 Å². The first-order chi connectivity index (χ1) is 17.9. The molecular formula is C29H30N4O4. The van der Waals surface area contributed by atoms with Crippen LogP contribution >= 0.6 is 0 Å². The summed E-state index contributed by atoms with van der Waals surface area (Å²) < 4.78 is 7.07. The highest BCUT2D eigenvalue weighted by atomic mass is 16.5. The van der Waals surface area contributed by atoms with Gasteiger partial charge in [-0.1, -0.05) is 42.5 Å². The number of aromatic nitrogens is 2. The van der Waals surface area contributed by atoms with Crippen LogP contribution in [0, 0.1) is 5.92 Å². The van der Waals surface area contributed by atoms with E-state index in [0.29, 0.717) is 30.5 Å². The van der Waals surface area contributed by atoms with E-state index in [2.05, 4.69) is 5.32 Å². The molecule has 3 aromatic carbocycles. The van der Waals surface area contributed by atoms with E-state index >= 15 is 0 Å². The van der Waals surface area contributed by atoms with Crippen LogP contribution in [0.2, 0.25) is 0 Å². The number of phenols is 2. The van der Waals surface area contributed by atoms with Gasteiger partial charge in [0.15, 0.2) is 0 Å². The Labute approximate surface area is 215 Å². The quantitative estimate of drug-likeness (QED) is 0.292. The third kappa shape index (κ3) is 5.53. The smallest absolute Gasteiger partial charge is 0.259 e. The van der Waals surface area contributed by atoms with Gasteiger partial charge in [0.05, 0.1) is 25.0 Å². The van der Waals surface area contributed by atoms with Gasteiger partial charge in [0.1, 0.15) is 28.6 Å². The molecule has 0 radical (unpaired) electrons. The summed E-state index contributed by atoms with van der Waals surface area (Å²) in [5.41, 5.74) is 3.11. The lowest BCUT2D eigenvalue weighted by molar-refractivity contribution is 0.0786. The Bertz CT molecular complexity index is 1400. The molecule has 0 saturated heterocycles. The van der Waals surface area contributed by atoms with Crippen molar-refractivity contribution in [3.05, 3.63) is 83.9 Å². The number of methoxy groups -OCH3 is 1. The molecular weight excluding hydrogens is 468 g/mol. The number of ether oxygens (including phenoxy) is 1. The fourth-order valence-electron chi connectivity index (χ4n) is 4.33. The third-order valence-corrected chi connectivity index (χ3v) is 6.50. The van der Waals surface area contributed by atoms with E-state index in [1.165, 1.54) is 12.1 Å². The third-order valence-electron chi connectivity index (χ3n) is 6.50. The van der Waals surface area contributed by atoms with E-state index in [4.69, 9.17) is 9.84 Å². The minimum Gasteiger partial charge on any atom is -0.508 e. The molecule has 8 heteroatoms. The lowest BCUT2D eigenvalue weighted by atomic mass is 10.1. The molecule has 4 aromatic rings. The van der Waals surface area contributed by atoms with Crippen molar-refractivity contribution in [2.24, 2.45) is 5.92 Å². The van der Waals surface area contributed by atoms with Gasteiger partial charge in [-0.25, -0.2) is 4.68 Å². The van der Waals surface area contributed by atoms with Gasteiger partial charge < -0.3 is 25.2 Å². The highest BCUT2D eigenvalue weighted by molar-refractivity contribution is 6.03. The van der Waals surface area contributed by atoms with Gasteiger partial charge >= 0.3 is 0 Å². The molecule has 1 heterocycles. The van der Waals surface area contributed by atoms with Crippen molar-refractivity contribution in [1.29, 1.82) is 0 Å². The Morgan fingerprint density at radius 2 is 1.81 bits per heavy atom. The topological polar surface area (TPSA) is 99.9 Å². The zero-order valence-electron chi connectivity index (χ0n) is 20.9. The number of hydrogen-bond acceptors (Lipinski definition) is 6. The van der Waals surface area contributed by atoms with Gasteiger partial charge in [0, 0.05) is 37.4 Å². The van der Waals surface area contributed by atoms with Gasteiger partial charge in [0.2, 0.25) is 0 Å². The zero-order chi connectivity index (χ0) is 25.9. The number of carbonyl (C=O) groups excluding carboxylic acids is 1. The molecule has 1 aromatic heterocycles. The molecule has 0 atom stereocenters. The van der Waals surface area contributed by atoms with Crippen molar-refractivity contribution >= 4 is 17.4 Å². The van der Waals surface area contributed by atoms with Crippen LogP contribution in [0.1, 0.15) is 28.8 Å². The van der Waals surface area contributed by atoms with Crippen LogP contribution in [0.4, 0.5) is 11.5 Å². The maximum atomic E-state index is 13.3. The predicted molar refractivity (Wildman–Crippen MR) is 142 cm³/mol. The highest BCUT2D eigenvalue weighted by Crippen LogP contribution is 2.36. The maximum Gasteiger partial charge on any atom is 0.259 e. The number of amides is 1. The van der Waals surface area contributed by atoms with E-state index in [-0.39, 0.29) is 23.0 Å². The molecule has 190 valence electrons. The lowest BCUT2D eigenvalue weighted by Gasteiger charge is -2.20. The number of phenolic OH excluding ortho intramolecular Hbond substituents is 2. The van der Waals surface area contributed by atoms with E-state index in [9.17, 15) is 15.0 Å². The van der Waals surface area contributed by atoms with Crippen molar-refractivity contribution < 1.29 is 19.7 Å². The molecule has 3 N–H and O–H groups in total. The molecule has 1 aliphatic carbocycles. The molecule has 8 nitrogen and oxygen atoms in total. The Balaban J connectivity index is 1.52. The second-order valence-corrected chi connectivity index (χ2v) is 9.43. The molecule has 37 heavy (non-hydrogen) atoms. The number of nitrogens with zero attached hydrogens (tertiary/aromatic N) is 3. The number of benzene rings is 3. The highest BCUT2D eigenvalue weighted by Gasteiger charge is 2.28. The summed E-state index contributed by atoms with van der Waals surface area (Å²) in [6.45, 7) is 1.08. The van der Waals surface area contributed by atoms with Crippen molar-refractivity contribution in [2.45, 2.75) is 19.4 Å². The van der Waals surface area contributed by atoms with Crippen LogP contribution in [0.5, 0.6) is 17.2 Å². The summed E-state index contributed by atoms with van der Waals surface area (Å²) in [5, 5.41) is 29.0.